The van der Waals surface area contributed by atoms with E-state index in [-0.39, 0.29) is 33.5 Å². The number of piperidine rings is 2. The molecule has 4 aliphatic rings. The maximum Gasteiger partial charge on any atom is 0.435 e. The van der Waals surface area contributed by atoms with E-state index in [2.05, 4.69) is 16.0 Å². The number of likely N-dealkylation sites (tertiary alicyclic amines) is 1. The third-order valence-corrected chi connectivity index (χ3v) is 10.3. The number of alkyl halides is 3. The molecule has 40 heavy (non-hydrogen) atoms. The molecule has 0 aliphatic carbocycles. The number of thiazole rings is 1. The number of aryl methyl sites for hydroxylation is 1. The summed E-state index contributed by atoms with van der Waals surface area (Å²) in [7, 11) is 0. The molecule has 6 rings (SSSR count). The molecule has 3 fully saturated rings. The summed E-state index contributed by atoms with van der Waals surface area (Å²) in [6.07, 6.45) is 0.694. The minimum Gasteiger partial charge on any atom is -0.450 e. The summed E-state index contributed by atoms with van der Waals surface area (Å²) in [5.41, 5.74) is 0.842. The molecular formula is C29H35F3N4O3S. The van der Waals surface area contributed by atoms with Crippen LogP contribution < -0.4 is 0 Å². The maximum absolute atomic E-state index is 13.7. The smallest absolute Gasteiger partial charge is 0.435 e. The lowest BCUT2D eigenvalue weighted by Crippen LogP contribution is -2.57. The van der Waals surface area contributed by atoms with Gasteiger partial charge in [-0.3, -0.25) is 4.79 Å². The van der Waals surface area contributed by atoms with Crippen molar-refractivity contribution in [3.8, 4) is 0 Å². The molecule has 4 aliphatic heterocycles. The van der Waals surface area contributed by atoms with Gasteiger partial charge in [-0.2, -0.15) is 13.2 Å². The van der Waals surface area contributed by atoms with E-state index in [9.17, 15) is 22.8 Å². The molecule has 7 nitrogen and oxygen atoms in total. The Balaban J connectivity index is 1.20. The summed E-state index contributed by atoms with van der Waals surface area (Å²) in [4.78, 5) is 35.6. The largest absolute Gasteiger partial charge is 0.450 e. The predicted octanol–water partition coefficient (Wildman–Crippen LogP) is 5.61. The molecule has 1 aromatic carbocycles. The number of rotatable bonds is 3. The predicted molar refractivity (Wildman–Crippen MR) is 144 cm³/mol. The van der Waals surface area contributed by atoms with Gasteiger partial charge in [-0.05, 0) is 76.6 Å². The van der Waals surface area contributed by atoms with Crippen LogP contribution in [-0.2, 0) is 22.9 Å². The lowest BCUT2D eigenvalue weighted by atomic mass is 9.68. The Hall–Kier alpha value is -2.66. The van der Waals surface area contributed by atoms with Crippen LogP contribution >= 0.6 is 11.3 Å². The first-order valence-electron chi connectivity index (χ1n) is 14.2. The van der Waals surface area contributed by atoms with Crippen LogP contribution in [0, 0.1) is 6.92 Å². The lowest BCUT2D eigenvalue weighted by molar-refractivity contribution is -0.141. The lowest BCUT2D eigenvalue weighted by Gasteiger charge is -2.51. The number of hydrogen-bond acceptors (Lipinski definition) is 6. The number of fused-ring (bicyclic) bond motifs is 4. The number of nitrogens with zero attached hydrogens (tertiary/aromatic N) is 4. The van der Waals surface area contributed by atoms with Crippen molar-refractivity contribution in [2.45, 2.75) is 88.6 Å². The molecule has 3 saturated heterocycles. The van der Waals surface area contributed by atoms with Crippen molar-refractivity contribution < 1.29 is 27.5 Å². The molecule has 1 aromatic heterocycles. The fraction of sp³-hybridized carbons (Fsp3) is 0.621. The Morgan fingerprint density at radius 2 is 1.77 bits per heavy atom. The average Bonchev–Trinajstić information content (AvgIpc) is 3.45. The summed E-state index contributed by atoms with van der Waals surface area (Å²) in [6.45, 7) is 6.13. The van der Waals surface area contributed by atoms with Crippen molar-refractivity contribution in [1.82, 2.24) is 19.7 Å². The molecule has 2 atom stereocenters. The number of amides is 2. The minimum absolute atomic E-state index is 0.195. The van der Waals surface area contributed by atoms with E-state index < -0.39 is 17.8 Å². The zero-order valence-corrected chi connectivity index (χ0v) is 23.7. The van der Waals surface area contributed by atoms with Gasteiger partial charge >= 0.3 is 12.3 Å². The molecule has 0 radical (unpaired) electrons. The van der Waals surface area contributed by atoms with Crippen LogP contribution in [0.25, 0.3) is 0 Å². The molecule has 2 unspecified atom stereocenters. The van der Waals surface area contributed by atoms with Crippen LogP contribution in [0.15, 0.2) is 24.3 Å². The van der Waals surface area contributed by atoms with Gasteiger partial charge in [0.25, 0.3) is 5.91 Å². The van der Waals surface area contributed by atoms with Gasteiger partial charge in [0.1, 0.15) is 4.88 Å². The number of halogens is 3. The van der Waals surface area contributed by atoms with Crippen LogP contribution in [-0.4, -0.2) is 76.1 Å². The summed E-state index contributed by atoms with van der Waals surface area (Å²) in [5, 5.41) is 0.235. The second-order valence-corrected chi connectivity index (χ2v) is 12.9. The van der Waals surface area contributed by atoms with E-state index in [0.717, 1.165) is 68.5 Å². The van der Waals surface area contributed by atoms with Crippen LogP contribution in [0.5, 0.6) is 0 Å². The number of carbonyl (C=O) groups is 2. The molecule has 1 spiro atoms. The van der Waals surface area contributed by atoms with Crippen molar-refractivity contribution >= 4 is 23.3 Å². The van der Waals surface area contributed by atoms with Crippen LogP contribution in [0.4, 0.5) is 18.0 Å². The molecule has 2 amide bonds. The van der Waals surface area contributed by atoms with E-state index in [1.54, 1.807) is 4.90 Å². The van der Waals surface area contributed by atoms with Crippen molar-refractivity contribution in [1.29, 1.82) is 0 Å². The highest BCUT2D eigenvalue weighted by Gasteiger charge is 2.49. The highest BCUT2D eigenvalue weighted by molar-refractivity contribution is 7.13. The fourth-order valence-electron chi connectivity index (χ4n) is 7.63. The highest BCUT2D eigenvalue weighted by Crippen LogP contribution is 2.45. The second kappa shape index (κ2) is 10.3. The Morgan fingerprint density at radius 3 is 2.42 bits per heavy atom. The van der Waals surface area contributed by atoms with Crippen molar-refractivity contribution in [2.24, 2.45) is 0 Å². The van der Waals surface area contributed by atoms with Gasteiger partial charge in [0, 0.05) is 36.6 Å². The van der Waals surface area contributed by atoms with Crippen molar-refractivity contribution in [3.63, 3.8) is 0 Å². The quantitative estimate of drug-likeness (QED) is 0.475. The Bertz CT molecular complexity index is 1280. The summed E-state index contributed by atoms with van der Waals surface area (Å²) >= 11 is 0.822. The Labute approximate surface area is 236 Å². The zero-order chi connectivity index (χ0) is 28.2. The van der Waals surface area contributed by atoms with E-state index >= 15 is 0 Å². The molecule has 216 valence electrons. The standard InChI is InChI=1S/C29H35F3N4O3S/c1-3-39-27(38)36-20-8-9-21(36)15-22(14-20)34-12-10-28(11-13-34)17-35(16-19-6-4-5-7-23(19)28)26(37)24-25(29(30,31)32)33-18(2)40-24/h4-7,20-22H,3,8-17H2,1-2H3. The van der Waals surface area contributed by atoms with Crippen LogP contribution in [0.1, 0.15) is 76.9 Å². The third-order valence-electron chi connectivity index (χ3n) is 9.39. The monoisotopic (exact) mass is 576 g/mol. The van der Waals surface area contributed by atoms with Gasteiger partial charge in [-0.25, -0.2) is 9.78 Å². The average molecular weight is 577 g/mol. The SMILES string of the molecule is CCOC(=O)N1C2CCC1CC(N1CCC3(CC1)CN(C(=O)c1sc(C)nc1C(F)(F)F)Cc1ccccc13)C2. The van der Waals surface area contributed by atoms with Gasteiger partial charge in [0.15, 0.2) is 5.69 Å². The first-order chi connectivity index (χ1) is 19.1. The van der Waals surface area contributed by atoms with Gasteiger partial charge in [-0.1, -0.05) is 24.3 Å². The van der Waals surface area contributed by atoms with Gasteiger partial charge in [0.05, 0.1) is 11.6 Å². The number of benzene rings is 1. The Kier molecular flexibility index (Phi) is 7.09. The third kappa shape index (κ3) is 4.78. The van der Waals surface area contributed by atoms with E-state index in [4.69, 9.17) is 4.74 Å². The molecule has 0 N–H and O–H groups in total. The van der Waals surface area contributed by atoms with E-state index in [1.165, 1.54) is 12.5 Å². The number of ether oxygens (including phenoxy) is 1. The molecule has 2 aromatic rings. The molecule has 0 saturated carbocycles. The summed E-state index contributed by atoms with van der Waals surface area (Å²) in [5.74, 6) is -0.586. The van der Waals surface area contributed by atoms with Crippen LogP contribution in [0.2, 0.25) is 0 Å². The number of carbonyl (C=O) groups excluding carboxylic acids is 2. The first-order valence-corrected chi connectivity index (χ1v) is 15.0. The minimum atomic E-state index is -4.67. The second-order valence-electron chi connectivity index (χ2n) is 11.7. The van der Waals surface area contributed by atoms with E-state index in [0.29, 0.717) is 25.7 Å². The topological polar surface area (TPSA) is 66.0 Å². The fourth-order valence-corrected chi connectivity index (χ4v) is 8.53. The summed E-state index contributed by atoms with van der Waals surface area (Å²) in [6, 6.07) is 8.90. The molecule has 11 heteroatoms. The zero-order valence-electron chi connectivity index (χ0n) is 22.9. The van der Waals surface area contributed by atoms with Gasteiger partial charge in [-0.15, -0.1) is 11.3 Å². The molecule has 2 bridgehead atoms. The Morgan fingerprint density at radius 1 is 1.10 bits per heavy atom. The highest BCUT2D eigenvalue weighted by atomic mass is 32.1. The normalized spacial score (nSPS) is 26.2. The van der Waals surface area contributed by atoms with Crippen molar-refractivity contribution in [2.75, 3.05) is 26.2 Å². The molecular weight excluding hydrogens is 541 g/mol. The van der Waals surface area contributed by atoms with Crippen molar-refractivity contribution in [3.05, 3.63) is 51.0 Å². The first kappa shape index (κ1) is 27.5. The van der Waals surface area contributed by atoms with E-state index in [1.807, 2.05) is 30.0 Å². The molecule has 5 heterocycles. The summed E-state index contributed by atoms with van der Waals surface area (Å²) < 4.78 is 46.4. The maximum atomic E-state index is 13.7. The van der Waals surface area contributed by atoms with Gasteiger partial charge < -0.3 is 19.4 Å². The van der Waals surface area contributed by atoms with Crippen LogP contribution in [0.3, 0.4) is 0 Å². The number of aromatic nitrogens is 1. The number of hydrogen-bond donors (Lipinski definition) is 0. The van der Waals surface area contributed by atoms with Gasteiger partial charge in [0.2, 0.25) is 0 Å².